The summed E-state index contributed by atoms with van der Waals surface area (Å²) in [7, 11) is 1.64. The van der Waals surface area contributed by atoms with Crippen LogP contribution in [-0.4, -0.2) is 24.5 Å². The first-order valence-electron chi connectivity index (χ1n) is 4.95. The first-order chi connectivity index (χ1) is 7.86. The molecule has 84 valence electrons. The van der Waals surface area contributed by atoms with Gasteiger partial charge in [0.1, 0.15) is 5.84 Å². The van der Waals surface area contributed by atoms with E-state index in [0.717, 1.165) is 5.69 Å². The second kappa shape index (κ2) is 7.37. The Hall–Kier alpha value is -1.93. The van der Waals surface area contributed by atoms with E-state index >= 15 is 0 Å². The fourth-order valence-electron chi connectivity index (χ4n) is 1.12. The zero-order valence-corrected chi connectivity index (χ0v) is 9.18. The summed E-state index contributed by atoms with van der Waals surface area (Å²) < 4.78 is 5.41. The number of ether oxygens (including phenoxy) is 1. The maximum absolute atomic E-state index is 8.41. The van der Waals surface area contributed by atoms with E-state index in [4.69, 9.17) is 10.00 Å². The molecular formula is C11H14N4O. The highest BCUT2D eigenvalue weighted by molar-refractivity contribution is 5.83. The van der Waals surface area contributed by atoms with Crippen molar-refractivity contribution in [1.29, 1.82) is 5.26 Å². The third-order valence-corrected chi connectivity index (χ3v) is 1.93. The molecule has 1 heterocycles. The molecule has 1 N–H and O–H groups in total. The Kier molecular flexibility index (Phi) is 5.59. The summed E-state index contributed by atoms with van der Waals surface area (Å²) in [4.78, 5) is 8.04. The van der Waals surface area contributed by atoms with Gasteiger partial charge in [-0.15, -0.1) is 0 Å². The molecule has 1 aromatic heterocycles. The molecule has 5 heteroatoms. The lowest BCUT2D eigenvalue weighted by Crippen LogP contribution is -2.19. The number of hydrogen-bond donors (Lipinski definition) is 1. The van der Waals surface area contributed by atoms with Crippen LogP contribution in [-0.2, 0) is 11.3 Å². The number of aromatic nitrogens is 1. The van der Waals surface area contributed by atoms with E-state index in [2.05, 4.69) is 15.3 Å². The average Bonchev–Trinajstić information content (AvgIpc) is 2.34. The maximum atomic E-state index is 8.41. The Balaban J connectivity index is 2.20. The van der Waals surface area contributed by atoms with Gasteiger partial charge in [-0.2, -0.15) is 5.26 Å². The van der Waals surface area contributed by atoms with E-state index in [1.807, 2.05) is 24.4 Å². The molecule has 0 saturated carbocycles. The van der Waals surface area contributed by atoms with Crippen molar-refractivity contribution < 1.29 is 4.74 Å². The van der Waals surface area contributed by atoms with Crippen molar-refractivity contribution in [2.75, 3.05) is 13.7 Å². The highest BCUT2D eigenvalue weighted by atomic mass is 16.5. The highest BCUT2D eigenvalue weighted by Gasteiger charge is 1.97. The lowest BCUT2D eigenvalue weighted by molar-refractivity contribution is 0.124. The summed E-state index contributed by atoms with van der Waals surface area (Å²) in [6.45, 7) is 0.988. The predicted octanol–water partition coefficient (Wildman–Crippen LogP) is 1.09. The fraction of sp³-hybridized carbons (Fsp3) is 0.364. The van der Waals surface area contributed by atoms with Crippen molar-refractivity contribution >= 4 is 5.84 Å². The Labute approximate surface area is 94.8 Å². The normalized spacial score (nSPS) is 10.9. The largest absolute Gasteiger partial charge is 0.375 e. The zero-order valence-electron chi connectivity index (χ0n) is 9.18. The molecule has 0 amide bonds. The van der Waals surface area contributed by atoms with Crippen LogP contribution < -0.4 is 5.32 Å². The number of hydrogen-bond acceptors (Lipinski definition) is 4. The predicted molar refractivity (Wildman–Crippen MR) is 60.6 cm³/mol. The Morgan fingerprint density at radius 3 is 3.12 bits per heavy atom. The fourth-order valence-corrected chi connectivity index (χ4v) is 1.12. The maximum Gasteiger partial charge on any atom is 0.182 e. The lowest BCUT2D eigenvalue weighted by Gasteiger charge is -2.04. The molecule has 0 bridgehead atoms. The number of nitrogens with zero attached hydrogens (tertiary/aromatic N) is 3. The topological polar surface area (TPSA) is 70.3 Å². The van der Waals surface area contributed by atoms with E-state index in [1.165, 1.54) is 0 Å². The third-order valence-electron chi connectivity index (χ3n) is 1.93. The van der Waals surface area contributed by atoms with Gasteiger partial charge < -0.3 is 4.74 Å². The second-order valence-corrected chi connectivity index (χ2v) is 3.03. The molecule has 0 spiro atoms. The van der Waals surface area contributed by atoms with E-state index in [-0.39, 0.29) is 0 Å². The summed E-state index contributed by atoms with van der Waals surface area (Å²) >= 11 is 0. The van der Waals surface area contributed by atoms with Crippen LogP contribution in [0.25, 0.3) is 0 Å². The molecule has 16 heavy (non-hydrogen) atoms. The van der Waals surface area contributed by atoms with E-state index in [9.17, 15) is 0 Å². The summed E-state index contributed by atoms with van der Waals surface area (Å²) in [6, 6.07) is 5.69. The quantitative estimate of drug-likeness (QED) is 0.264. The molecule has 0 radical (unpaired) electrons. The van der Waals surface area contributed by atoms with Gasteiger partial charge in [-0.25, -0.2) is 0 Å². The van der Waals surface area contributed by atoms with Gasteiger partial charge in [-0.3, -0.25) is 15.3 Å². The molecule has 5 nitrogen and oxygen atoms in total. The zero-order chi connectivity index (χ0) is 11.6. The van der Waals surface area contributed by atoms with Gasteiger partial charge >= 0.3 is 0 Å². The second-order valence-electron chi connectivity index (χ2n) is 3.03. The molecule has 0 aromatic carbocycles. The molecule has 0 unspecified atom stereocenters. The first-order valence-corrected chi connectivity index (χ1v) is 4.95. The number of aliphatic imine (C=N–C) groups is 1. The summed E-state index contributed by atoms with van der Waals surface area (Å²) in [6.07, 6.45) is 4.15. The first kappa shape index (κ1) is 12.1. The molecule has 0 fully saturated rings. The van der Waals surface area contributed by atoms with Crippen LogP contribution in [0.5, 0.6) is 0 Å². The van der Waals surface area contributed by atoms with Crippen LogP contribution in [0.3, 0.4) is 0 Å². The number of pyridine rings is 1. The van der Waals surface area contributed by atoms with Crippen LogP contribution in [0.4, 0.5) is 0 Å². The molecule has 0 atom stereocenters. The van der Waals surface area contributed by atoms with Crippen LogP contribution in [0.1, 0.15) is 12.1 Å². The molecule has 1 aromatic rings. The highest BCUT2D eigenvalue weighted by Crippen LogP contribution is 1.96. The van der Waals surface area contributed by atoms with Crippen LogP contribution in [0.2, 0.25) is 0 Å². The monoisotopic (exact) mass is 218 g/mol. The van der Waals surface area contributed by atoms with Crippen molar-refractivity contribution in [3.63, 3.8) is 0 Å². The summed E-state index contributed by atoms with van der Waals surface area (Å²) in [5.41, 5.74) is 0.894. The van der Waals surface area contributed by atoms with E-state index in [0.29, 0.717) is 25.5 Å². The van der Waals surface area contributed by atoms with Gasteiger partial charge in [0.25, 0.3) is 0 Å². The molecule has 1 rings (SSSR count). The van der Waals surface area contributed by atoms with Crippen molar-refractivity contribution in [3.05, 3.63) is 30.1 Å². The summed E-state index contributed by atoms with van der Waals surface area (Å²) in [5.74, 6) is 0.628. The van der Waals surface area contributed by atoms with Crippen LogP contribution in [0.15, 0.2) is 29.4 Å². The van der Waals surface area contributed by atoms with E-state index < -0.39 is 0 Å². The smallest absolute Gasteiger partial charge is 0.182 e. The molecule has 0 aliphatic rings. The number of nitriles is 1. The van der Waals surface area contributed by atoms with Gasteiger partial charge in [0.15, 0.2) is 6.19 Å². The third kappa shape index (κ3) is 4.53. The van der Waals surface area contributed by atoms with Crippen molar-refractivity contribution in [3.8, 4) is 6.19 Å². The van der Waals surface area contributed by atoms with Crippen molar-refractivity contribution in [2.45, 2.75) is 13.0 Å². The Morgan fingerprint density at radius 1 is 1.62 bits per heavy atom. The molecule has 0 aliphatic heterocycles. The lowest BCUT2D eigenvalue weighted by atomic mass is 10.4. The van der Waals surface area contributed by atoms with Crippen molar-refractivity contribution in [1.82, 2.24) is 10.3 Å². The minimum absolute atomic E-state index is 0.477. The minimum Gasteiger partial charge on any atom is -0.375 e. The van der Waals surface area contributed by atoms with E-state index in [1.54, 1.807) is 13.2 Å². The SMILES string of the molecule is CN=C(CCOCc1ccccn1)NC#N. The number of nitrogens with one attached hydrogen (secondary N) is 1. The summed E-state index contributed by atoms with van der Waals surface area (Å²) in [5, 5.41) is 10.9. The average molecular weight is 218 g/mol. The molecular weight excluding hydrogens is 204 g/mol. The van der Waals surface area contributed by atoms with Gasteiger partial charge in [0.05, 0.1) is 18.9 Å². The molecule has 0 aliphatic carbocycles. The Morgan fingerprint density at radius 2 is 2.50 bits per heavy atom. The number of rotatable bonds is 5. The standard InChI is InChI=1S/C11H14N4O/c1-13-11(15-9-12)5-7-16-8-10-4-2-3-6-14-10/h2-4,6H,5,7-8H2,1H3,(H,13,15). The van der Waals surface area contributed by atoms with Crippen molar-refractivity contribution in [2.24, 2.45) is 4.99 Å². The van der Waals surface area contributed by atoms with Gasteiger partial charge in [-0.05, 0) is 12.1 Å². The molecule has 0 saturated heterocycles. The van der Waals surface area contributed by atoms with Gasteiger partial charge in [-0.1, -0.05) is 6.07 Å². The minimum atomic E-state index is 0.477. The Bertz CT molecular complexity index is 369. The number of amidine groups is 1. The van der Waals surface area contributed by atoms with Gasteiger partial charge in [0, 0.05) is 19.7 Å². The van der Waals surface area contributed by atoms with Crippen LogP contribution in [0, 0.1) is 11.5 Å². The van der Waals surface area contributed by atoms with Gasteiger partial charge in [0.2, 0.25) is 0 Å². The van der Waals surface area contributed by atoms with Crippen LogP contribution >= 0.6 is 0 Å².